The van der Waals surface area contributed by atoms with Crippen LogP contribution in [0.3, 0.4) is 0 Å². The predicted octanol–water partition coefficient (Wildman–Crippen LogP) is 4.63. The molecule has 1 aromatic heterocycles. The summed E-state index contributed by atoms with van der Waals surface area (Å²) in [6, 6.07) is 0. The summed E-state index contributed by atoms with van der Waals surface area (Å²) in [6.07, 6.45) is 11.8. The molecule has 120 valence electrons. The van der Waals surface area contributed by atoms with Crippen LogP contribution in [0, 0.1) is 0 Å². The minimum Gasteiger partial charge on any atom is -0.493 e. The smallest absolute Gasteiger partial charge is 0.184 e. The minimum absolute atomic E-state index is 0.159. The summed E-state index contributed by atoms with van der Waals surface area (Å²) in [4.78, 5) is 12.4. The number of carbonyl (C=O) groups is 1. The zero-order valence-corrected chi connectivity index (χ0v) is 13.9. The number of carbonyl (C=O) groups excluding carboxylic acids is 1. The predicted molar refractivity (Wildman–Crippen MR) is 86.0 cm³/mol. The fourth-order valence-electron chi connectivity index (χ4n) is 2.54. The molecule has 0 amide bonds. The third kappa shape index (κ3) is 5.90. The number of ether oxygens (including phenoxy) is 1. The van der Waals surface area contributed by atoms with Crippen molar-refractivity contribution in [2.24, 2.45) is 0 Å². The molecular weight excluding hydrogens is 264 g/mol. The Morgan fingerprint density at radius 1 is 1.10 bits per heavy atom. The van der Waals surface area contributed by atoms with E-state index < -0.39 is 0 Å². The van der Waals surface area contributed by atoms with E-state index in [0.29, 0.717) is 17.9 Å². The maximum Gasteiger partial charge on any atom is 0.184 e. The van der Waals surface area contributed by atoms with Crippen LogP contribution in [0.2, 0.25) is 0 Å². The van der Waals surface area contributed by atoms with Crippen molar-refractivity contribution in [3.05, 3.63) is 11.9 Å². The van der Waals surface area contributed by atoms with E-state index in [1.165, 1.54) is 32.1 Å². The Balaban J connectivity index is 2.39. The summed E-state index contributed by atoms with van der Waals surface area (Å²) in [5.74, 6) is 0.766. The fraction of sp³-hybridized carbons (Fsp3) is 0.765. The molecule has 0 saturated heterocycles. The fourth-order valence-corrected chi connectivity index (χ4v) is 2.54. The van der Waals surface area contributed by atoms with Gasteiger partial charge in [0.05, 0.1) is 13.3 Å². The first kappa shape index (κ1) is 17.7. The lowest BCUT2D eigenvalue weighted by atomic mass is 10.1. The zero-order chi connectivity index (χ0) is 15.5. The molecule has 0 atom stereocenters. The van der Waals surface area contributed by atoms with Crippen molar-refractivity contribution in [2.75, 3.05) is 7.11 Å². The molecule has 1 heterocycles. The lowest BCUT2D eigenvalue weighted by Gasteiger charge is -2.07. The molecule has 0 aliphatic heterocycles. The van der Waals surface area contributed by atoms with Crippen LogP contribution >= 0.6 is 0 Å². The second-order valence-corrected chi connectivity index (χ2v) is 5.58. The molecule has 4 nitrogen and oxygen atoms in total. The number of ketones is 1. The monoisotopic (exact) mass is 294 g/mol. The van der Waals surface area contributed by atoms with E-state index in [1.807, 2.05) is 0 Å². The quantitative estimate of drug-likeness (QED) is 0.417. The average Bonchev–Trinajstić information content (AvgIpc) is 2.89. The number of nitrogens with zero attached hydrogens (tertiary/aromatic N) is 2. The van der Waals surface area contributed by atoms with Gasteiger partial charge in [0.1, 0.15) is 5.69 Å². The Labute approximate surface area is 128 Å². The van der Waals surface area contributed by atoms with Crippen molar-refractivity contribution in [1.82, 2.24) is 9.78 Å². The molecule has 0 bridgehead atoms. The van der Waals surface area contributed by atoms with Crippen LogP contribution in [-0.2, 0) is 6.54 Å². The van der Waals surface area contributed by atoms with E-state index in [9.17, 15) is 4.79 Å². The van der Waals surface area contributed by atoms with Crippen LogP contribution in [0.4, 0.5) is 0 Å². The first-order valence-electron chi connectivity index (χ1n) is 8.37. The van der Waals surface area contributed by atoms with E-state index in [1.54, 1.807) is 18.0 Å². The molecule has 21 heavy (non-hydrogen) atoms. The molecule has 0 saturated carbocycles. The SMILES string of the molecule is CCCCCCCCCC(=O)c1c(OC)cnn1CCC. The molecule has 0 spiro atoms. The van der Waals surface area contributed by atoms with Crippen molar-refractivity contribution in [1.29, 1.82) is 0 Å². The minimum atomic E-state index is 0.159. The maximum atomic E-state index is 12.4. The summed E-state index contributed by atoms with van der Waals surface area (Å²) >= 11 is 0. The summed E-state index contributed by atoms with van der Waals surface area (Å²) < 4.78 is 7.04. The number of Topliss-reactive ketones (excluding diaryl/α,β-unsaturated/α-hetero) is 1. The Morgan fingerprint density at radius 3 is 2.38 bits per heavy atom. The Bertz CT molecular complexity index is 413. The number of aryl methyl sites for hydroxylation is 1. The van der Waals surface area contributed by atoms with Crippen LogP contribution in [0.25, 0.3) is 0 Å². The molecule has 0 aliphatic rings. The van der Waals surface area contributed by atoms with Gasteiger partial charge in [0, 0.05) is 13.0 Å². The number of unbranched alkanes of at least 4 members (excludes halogenated alkanes) is 6. The van der Waals surface area contributed by atoms with E-state index >= 15 is 0 Å². The third-order valence-corrected chi connectivity index (χ3v) is 3.73. The number of rotatable bonds is 12. The highest BCUT2D eigenvalue weighted by Gasteiger charge is 2.18. The van der Waals surface area contributed by atoms with Crippen molar-refractivity contribution >= 4 is 5.78 Å². The average molecular weight is 294 g/mol. The lowest BCUT2D eigenvalue weighted by molar-refractivity contribution is 0.0965. The molecule has 1 rings (SSSR count). The second kappa shape index (κ2) is 10.4. The van der Waals surface area contributed by atoms with Crippen molar-refractivity contribution < 1.29 is 9.53 Å². The lowest BCUT2D eigenvalue weighted by Crippen LogP contribution is -2.11. The first-order valence-corrected chi connectivity index (χ1v) is 8.37. The Morgan fingerprint density at radius 2 is 1.76 bits per heavy atom. The second-order valence-electron chi connectivity index (χ2n) is 5.58. The number of methoxy groups -OCH3 is 1. The summed E-state index contributed by atoms with van der Waals surface area (Å²) in [5.41, 5.74) is 0.644. The highest BCUT2D eigenvalue weighted by Crippen LogP contribution is 2.21. The van der Waals surface area contributed by atoms with Crippen LogP contribution in [0.1, 0.15) is 82.1 Å². The van der Waals surface area contributed by atoms with Gasteiger partial charge in [0.25, 0.3) is 0 Å². The summed E-state index contributed by atoms with van der Waals surface area (Å²) in [7, 11) is 1.60. The highest BCUT2D eigenvalue weighted by molar-refractivity contribution is 5.96. The molecule has 0 aromatic carbocycles. The van der Waals surface area contributed by atoms with Gasteiger partial charge in [-0.2, -0.15) is 5.10 Å². The van der Waals surface area contributed by atoms with Gasteiger partial charge in [0.15, 0.2) is 11.5 Å². The van der Waals surface area contributed by atoms with Crippen molar-refractivity contribution in [3.8, 4) is 5.75 Å². The highest BCUT2D eigenvalue weighted by atomic mass is 16.5. The summed E-state index contributed by atoms with van der Waals surface area (Å²) in [5, 5.41) is 4.25. The van der Waals surface area contributed by atoms with Gasteiger partial charge in [-0.25, -0.2) is 0 Å². The zero-order valence-electron chi connectivity index (χ0n) is 13.9. The van der Waals surface area contributed by atoms with Gasteiger partial charge in [-0.1, -0.05) is 52.4 Å². The van der Waals surface area contributed by atoms with Crippen molar-refractivity contribution in [2.45, 2.75) is 78.2 Å². The van der Waals surface area contributed by atoms with E-state index in [0.717, 1.165) is 25.8 Å². The largest absolute Gasteiger partial charge is 0.493 e. The number of aromatic nitrogens is 2. The van der Waals surface area contributed by atoms with E-state index in [4.69, 9.17) is 4.74 Å². The third-order valence-electron chi connectivity index (χ3n) is 3.73. The van der Waals surface area contributed by atoms with Gasteiger partial charge in [-0.3, -0.25) is 9.48 Å². The van der Waals surface area contributed by atoms with Gasteiger partial charge in [-0.15, -0.1) is 0 Å². The Kier molecular flexibility index (Phi) is 8.79. The molecular formula is C17H30N2O2. The van der Waals surface area contributed by atoms with Gasteiger partial charge in [-0.05, 0) is 12.8 Å². The molecule has 4 heteroatoms. The van der Waals surface area contributed by atoms with Crippen LogP contribution in [-0.4, -0.2) is 22.7 Å². The van der Waals surface area contributed by atoms with Crippen molar-refractivity contribution in [3.63, 3.8) is 0 Å². The molecule has 1 aromatic rings. The molecule has 0 fully saturated rings. The van der Waals surface area contributed by atoms with E-state index in [-0.39, 0.29) is 5.78 Å². The van der Waals surface area contributed by atoms with Crippen LogP contribution < -0.4 is 4.74 Å². The van der Waals surface area contributed by atoms with Gasteiger partial charge >= 0.3 is 0 Å². The normalized spacial score (nSPS) is 10.8. The number of hydrogen-bond donors (Lipinski definition) is 0. The van der Waals surface area contributed by atoms with Crippen LogP contribution in [0.5, 0.6) is 5.75 Å². The Hall–Kier alpha value is -1.32. The van der Waals surface area contributed by atoms with Gasteiger partial charge < -0.3 is 4.74 Å². The molecule has 0 N–H and O–H groups in total. The molecule has 0 unspecified atom stereocenters. The maximum absolute atomic E-state index is 12.4. The summed E-state index contributed by atoms with van der Waals surface area (Å²) in [6.45, 7) is 5.08. The molecule has 0 aliphatic carbocycles. The van der Waals surface area contributed by atoms with Crippen LogP contribution in [0.15, 0.2) is 6.20 Å². The topological polar surface area (TPSA) is 44.1 Å². The first-order chi connectivity index (χ1) is 10.2. The van der Waals surface area contributed by atoms with Gasteiger partial charge in [0.2, 0.25) is 0 Å². The number of hydrogen-bond acceptors (Lipinski definition) is 3. The molecule has 0 radical (unpaired) electrons. The van der Waals surface area contributed by atoms with E-state index in [2.05, 4.69) is 18.9 Å². The standard InChI is InChI=1S/C17H30N2O2/c1-4-6-7-8-9-10-11-12-15(20)17-16(21-3)14-18-19(17)13-5-2/h14H,4-13H2,1-3H3.